The number of hydrogen-bond donors (Lipinski definition) is 0. The highest BCUT2D eigenvalue weighted by atomic mass is 31.2. The largest absolute Gasteiger partial charge is 0.289 e. The monoisotopic (exact) mass is 392 g/mol. The lowest BCUT2D eigenvalue weighted by atomic mass is 10.1. The second kappa shape index (κ2) is 8.76. The molecular formula is C27H21OP. The van der Waals surface area contributed by atoms with E-state index in [9.17, 15) is 4.79 Å². The van der Waals surface area contributed by atoms with E-state index in [1.807, 2.05) is 48.5 Å². The van der Waals surface area contributed by atoms with Crippen molar-refractivity contribution in [2.24, 2.45) is 0 Å². The maximum atomic E-state index is 12.9. The highest BCUT2D eigenvalue weighted by molar-refractivity contribution is 7.94. The van der Waals surface area contributed by atoms with Gasteiger partial charge in [0.05, 0.1) is 0 Å². The zero-order valence-corrected chi connectivity index (χ0v) is 16.9. The number of hydrogen-bond acceptors (Lipinski definition) is 1. The minimum atomic E-state index is -2.25. The molecule has 0 bridgehead atoms. The van der Waals surface area contributed by atoms with Crippen LogP contribution in [-0.2, 0) is 0 Å². The molecule has 4 aromatic carbocycles. The third-order valence-electron chi connectivity index (χ3n) is 4.88. The highest BCUT2D eigenvalue weighted by Crippen LogP contribution is 2.42. The molecule has 0 aliphatic heterocycles. The quantitative estimate of drug-likeness (QED) is 0.270. The van der Waals surface area contributed by atoms with E-state index in [2.05, 4.69) is 78.2 Å². The van der Waals surface area contributed by atoms with E-state index in [4.69, 9.17) is 0 Å². The summed E-state index contributed by atoms with van der Waals surface area (Å²) in [6.07, 6.45) is 1.64. The van der Waals surface area contributed by atoms with Crippen LogP contribution in [0.1, 0.15) is 10.4 Å². The van der Waals surface area contributed by atoms with Crippen LogP contribution in [0, 0.1) is 0 Å². The van der Waals surface area contributed by atoms with Gasteiger partial charge in [-0.3, -0.25) is 4.79 Å². The summed E-state index contributed by atoms with van der Waals surface area (Å²) in [5.74, 6) is -0.0298. The van der Waals surface area contributed by atoms with Crippen molar-refractivity contribution in [1.29, 1.82) is 0 Å². The Bertz CT molecular complexity index is 1070. The molecule has 0 saturated carbocycles. The van der Waals surface area contributed by atoms with Crippen molar-refractivity contribution in [3.8, 4) is 0 Å². The van der Waals surface area contributed by atoms with Gasteiger partial charge in [-0.25, -0.2) is 0 Å². The Morgan fingerprint density at radius 1 is 0.552 bits per heavy atom. The zero-order valence-electron chi connectivity index (χ0n) is 16.0. The lowest BCUT2D eigenvalue weighted by Gasteiger charge is -2.25. The molecule has 4 rings (SSSR count). The summed E-state index contributed by atoms with van der Waals surface area (Å²) in [5.41, 5.74) is 4.29. The summed E-state index contributed by atoms with van der Waals surface area (Å²) >= 11 is 0. The van der Waals surface area contributed by atoms with E-state index in [-0.39, 0.29) is 5.78 Å². The molecule has 0 unspecified atom stereocenters. The first kappa shape index (κ1) is 19.0. The van der Waals surface area contributed by atoms with Crippen LogP contribution >= 0.6 is 6.89 Å². The first-order chi connectivity index (χ1) is 14.3. The Hall–Kier alpha value is -3.37. The molecule has 2 heteroatoms. The first-order valence-electron chi connectivity index (χ1n) is 9.57. The number of allylic oxidation sites excluding steroid dienone is 1. The molecule has 140 valence electrons. The van der Waals surface area contributed by atoms with E-state index in [1.54, 1.807) is 6.08 Å². The highest BCUT2D eigenvalue weighted by Gasteiger charge is 2.24. The molecule has 0 atom stereocenters. The van der Waals surface area contributed by atoms with Crippen molar-refractivity contribution in [3.05, 3.63) is 133 Å². The Balaban J connectivity index is 2.06. The molecule has 0 fully saturated rings. The Morgan fingerprint density at radius 2 is 0.897 bits per heavy atom. The molecule has 0 N–H and O–H groups in total. The fraction of sp³-hybridized carbons (Fsp3) is 0. The van der Waals surface area contributed by atoms with Gasteiger partial charge in [-0.1, -0.05) is 121 Å². The first-order valence-corrected chi connectivity index (χ1v) is 11.4. The molecule has 0 radical (unpaired) electrons. The molecule has 0 saturated heterocycles. The summed E-state index contributed by atoms with van der Waals surface area (Å²) in [5, 5.41) is 3.53. The van der Waals surface area contributed by atoms with Crippen LogP contribution in [-0.4, -0.2) is 11.2 Å². The van der Waals surface area contributed by atoms with Gasteiger partial charge in [0.15, 0.2) is 5.78 Å². The normalized spacial score (nSPS) is 10.8. The minimum absolute atomic E-state index is 0.0298. The number of carbonyl (C=O) groups excluding carboxylic acids is 1. The second-order valence-electron chi connectivity index (χ2n) is 6.68. The number of rotatable bonds is 5. The van der Waals surface area contributed by atoms with Crippen molar-refractivity contribution < 1.29 is 4.79 Å². The lowest BCUT2D eigenvalue weighted by Crippen LogP contribution is -2.26. The van der Waals surface area contributed by atoms with Crippen LogP contribution in [0.2, 0.25) is 0 Å². The maximum Gasteiger partial charge on any atom is 0.193 e. The zero-order chi connectivity index (χ0) is 19.9. The van der Waals surface area contributed by atoms with Gasteiger partial charge in [0.2, 0.25) is 0 Å². The van der Waals surface area contributed by atoms with Gasteiger partial charge in [0, 0.05) is 18.5 Å². The van der Waals surface area contributed by atoms with Crippen molar-refractivity contribution >= 4 is 34.0 Å². The third kappa shape index (κ3) is 3.93. The van der Waals surface area contributed by atoms with Gasteiger partial charge in [-0.05, 0) is 15.9 Å². The molecule has 4 aromatic rings. The van der Waals surface area contributed by atoms with Crippen LogP contribution in [0.15, 0.2) is 127 Å². The molecule has 0 amide bonds. The smallest absolute Gasteiger partial charge is 0.193 e. The fourth-order valence-electron chi connectivity index (χ4n) is 3.47. The summed E-state index contributed by atoms with van der Waals surface area (Å²) in [7, 11) is 0. The molecule has 0 aliphatic rings. The molecule has 1 nitrogen and oxygen atoms in total. The van der Waals surface area contributed by atoms with Gasteiger partial charge in [0.1, 0.15) is 0 Å². The van der Waals surface area contributed by atoms with Gasteiger partial charge in [-0.2, -0.15) is 0 Å². The van der Waals surface area contributed by atoms with Crippen LogP contribution in [0.25, 0.3) is 0 Å². The molecule has 0 aliphatic carbocycles. The van der Waals surface area contributed by atoms with Crippen molar-refractivity contribution in [1.82, 2.24) is 0 Å². The SMILES string of the molecule is O=C(C=C=P(c1ccccc1)(c1ccccc1)c1ccccc1)c1ccccc1. The summed E-state index contributed by atoms with van der Waals surface area (Å²) < 4.78 is 0. The van der Waals surface area contributed by atoms with Crippen LogP contribution in [0.5, 0.6) is 0 Å². The summed E-state index contributed by atoms with van der Waals surface area (Å²) in [6.45, 7) is -2.25. The third-order valence-corrected chi connectivity index (χ3v) is 8.61. The Morgan fingerprint density at radius 3 is 1.28 bits per heavy atom. The fourth-order valence-corrected chi connectivity index (χ4v) is 6.98. The van der Waals surface area contributed by atoms with Gasteiger partial charge in [-0.15, -0.1) is 5.45 Å². The van der Waals surface area contributed by atoms with Crippen molar-refractivity contribution in [2.75, 3.05) is 0 Å². The van der Waals surface area contributed by atoms with Gasteiger partial charge >= 0.3 is 0 Å². The van der Waals surface area contributed by atoms with Gasteiger partial charge in [0.25, 0.3) is 0 Å². The average Bonchev–Trinajstić information content (AvgIpc) is 2.82. The number of benzene rings is 4. The topological polar surface area (TPSA) is 17.1 Å². The Kier molecular flexibility index (Phi) is 5.73. The molecular weight excluding hydrogens is 371 g/mol. The minimum Gasteiger partial charge on any atom is -0.289 e. The van der Waals surface area contributed by atoms with E-state index in [0.29, 0.717) is 5.56 Å². The van der Waals surface area contributed by atoms with E-state index < -0.39 is 6.89 Å². The van der Waals surface area contributed by atoms with Crippen molar-refractivity contribution in [3.63, 3.8) is 0 Å². The Labute approximate surface area is 172 Å². The lowest BCUT2D eigenvalue weighted by molar-refractivity contribution is 0.104. The van der Waals surface area contributed by atoms with E-state index in [1.165, 1.54) is 15.9 Å². The number of carbonyl (C=O) groups is 1. The van der Waals surface area contributed by atoms with E-state index >= 15 is 0 Å². The molecule has 0 heterocycles. The summed E-state index contributed by atoms with van der Waals surface area (Å²) in [6, 6.07) is 40.6. The van der Waals surface area contributed by atoms with E-state index in [0.717, 1.165) is 0 Å². The number of ketones is 1. The van der Waals surface area contributed by atoms with Crippen LogP contribution in [0.4, 0.5) is 0 Å². The second-order valence-corrected chi connectivity index (χ2v) is 9.83. The molecule has 0 spiro atoms. The van der Waals surface area contributed by atoms with Gasteiger partial charge < -0.3 is 0 Å². The summed E-state index contributed by atoms with van der Waals surface area (Å²) in [4.78, 5) is 12.9. The average molecular weight is 392 g/mol. The maximum absolute atomic E-state index is 12.9. The molecule has 29 heavy (non-hydrogen) atoms. The predicted molar refractivity (Wildman–Crippen MR) is 125 cm³/mol. The van der Waals surface area contributed by atoms with Crippen LogP contribution in [0.3, 0.4) is 0 Å². The predicted octanol–water partition coefficient (Wildman–Crippen LogP) is 4.82. The standard InChI is InChI=1S/C27H21OP/c28-27(23-13-5-1-6-14-23)21-22-29(24-15-7-2-8-16-24,25-17-9-3-10-18-25)26-19-11-4-12-20-26/h1-21H. The van der Waals surface area contributed by atoms with Crippen molar-refractivity contribution in [2.45, 2.75) is 0 Å². The molecule has 0 aromatic heterocycles. The van der Waals surface area contributed by atoms with Crippen LogP contribution < -0.4 is 15.9 Å².